The van der Waals surface area contributed by atoms with E-state index in [4.69, 9.17) is 4.52 Å². The van der Waals surface area contributed by atoms with E-state index in [1.54, 1.807) is 24.0 Å². The normalized spacial score (nSPS) is 15.8. The van der Waals surface area contributed by atoms with E-state index in [0.717, 1.165) is 12.1 Å². The van der Waals surface area contributed by atoms with Gasteiger partial charge in [0.25, 0.3) is 5.91 Å². The predicted molar refractivity (Wildman–Crippen MR) is 107 cm³/mol. The summed E-state index contributed by atoms with van der Waals surface area (Å²) >= 11 is 0. The van der Waals surface area contributed by atoms with E-state index < -0.39 is 11.6 Å². The molecule has 4 rings (SSSR count). The van der Waals surface area contributed by atoms with Crippen molar-refractivity contribution in [3.05, 3.63) is 70.9 Å². The molecule has 0 aliphatic carbocycles. The van der Waals surface area contributed by atoms with Gasteiger partial charge in [0.1, 0.15) is 5.82 Å². The molecule has 1 aromatic heterocycles. The number of hydrogen-bond acceptors (Lipinski definition) is 5. The summed E-state index contributed by atoms with van der Waals surface area (Å²) in [7, 11) is 0. The van der Waals surface area contributed by atoms with Crippen LogP contribution < -0.4 is 0 Å². The Balaban J connectivity index is 1.39. The molecule has 0 saturated carbocycles. The predicted octanol–water partition coefficient (Wildman–Crippen LogP) is 3.98. The molecule has 1 aliphatic heterocycles. The van der Waals surface area contributed by atoms with Gasteiger partial charge in [0, 0.05) is 37.3 Å². The molecule has 0 N–H and O–H groups in total. The molecular formula is C22H21F3N4O2. The van der Waals surface area contributed by atoms with Crippen molar-refractivity contribution < 1.29 is 22.5 Å². The fourth-order valence-corrected chi connectivity index (χ4v) is 3.59. The Morgan fingerprint density at radius 2 is 1.71 bits per heavy atom. The van der Waals surface area contributed by atoms with Crippen LogP contribution in [0, 0.1) is 24.4 Å². The first-order chi connectivity index (χ1) is 14.8. The van der Waals surface area contributed by atoms with Crippen molar-refractivity contribution >= 4 is 5.91 Å². The van der Waals surface area contributed by atoms with Gasteiger partial charge in [-0.2, -0.15) is 4.98 Å². The van der Waals surface area contributed by atoms with Gasteiger partial charge >= 0.3 is 0 Å². The van der Waals surface area contributed by atoms with Gasteiger partial charge in [-0.3, -0.25) is 9.69 Å². The van der Waals surface area contributed by atoms with Crippen LogP contribution in [-0.2, 0) is 0 Å². The fraction of sp³-hybridized carbons (Fsp3) is 0.318. The van der Waals surface area contributed by atoms with Gasteiger partial charge in [-0.05, 0) is 55.8 Å². The summed E-state index contributed by atoms with van der Waals surface area (Å²) in [5.41, 5.74) is 1.29. The van der Waals surface area contributed by atoms with Gasteiger partial charge in [0.2, 0.25) is 11.7 Å². The first-order valence-electron chi connectivity index (χ1n) is 9.92. The lowest BCUT2D eigenvalue weighted by Gasteiger charge is -2.36. The van der Waals surface area contributed by atoms with E-state index in [0.29, 0.717) is 49.0 Å². The molecule has 1 unspecified atom stereocenters. The Labute approximate surface area is 177 Å². The zero-order valence-electron chi connectivity index (χ0n) is 17.1. The third-order valence-electron chi connectivity index (χ3n) is 5.53. The molecule has 6 nitrogen and oxygen atoms in total. The minimum Gasteiger partial charge on any atom is -0.337 e. The summed E-state index contributed by atoms with van der Waals surface area (Å²) in [6, 6.07) is 7.62. The quantitative estimate of drug-likeness (QED) is 0.627. The highest BCUT2D eigenvalue weighted by atomic mass is 19.2. The Kier molecular flexibility index (Phi) is 5.77. The molecule has 1 fully saturated rings. The summed E-state index contributed by atoms with van der Waals surface area (Å²) in [5.74, 6) is -1.84. The number of benzene rings is 2. The summed E-state index contributed by atoms with van der Waals surface area (Å²) < 4.78 is 45.5. The molecule has 1 amide bonds. The number of hydrogen-bond donors (Lipinski definition) is 0. The van der Waals surface area contributed by atoms with Crippen molar-refractivity contribution in [3.8, 4) is 11.4 Å². The highest BCUT2D eigenvalue weighted by Gasteiger charge is 2.28. The van der Waals surface area contributed by atoms with Crippen LogP contribution in [0.1, 0.15) is 34.8 Å². The van der Waals surface area contributed by atoms with Gasteiger partial charge in [-0.25, -0.2) is 13.2 Å². The minimum atomic E-state index is -1.04. The molecule has 1 aliphatic rings. The smallest absolute Gasteiger partial charge is 0.254 e. The number of aryl methyl sites for hydroxylation is 1. The van der Waals surface area contributed by atoms with Crippen LogP contribution in [0.25, 0.3) is 11.4 Å². The molecule has 2 aromatic carbocycles. The molecule has 1 saturated heterocycles. The topological polar surface area (TPSA) is 62.5 Å². The third kappa shape index (κ3) is 4.32. The second-order valence-electron chi connectivity index (χ2n) is 7.55. The number of aromatic nitrogens is 2. The zero-order valence-corrected chi connectivity index (χ0v) is 17.1. The summed E-state index contributed by atoms with van der Waals surface area (Å²) in [5, 5.41) is 4.01. The van der Waals surface area contributed by atoms with E-state index in [1.807, 2.05) is 6.92 Å². The monoisotopic (exact) mass is 430 g/mol. The van der Waals surface area contributed by atoms with Gasteiger partial charge in [0.15, 0.2) is 11.6 Å². The average molecular weight is 430 g/mol. The van der Waals surface area contributed by atoms with Crippen molar-refractivity contribution in [2.75, 3.05) is 26.2 Å². The zero-order chi connectivity index (χ0) is 22.1. The first-order valence-corrected chi connectivity index (χ1v) is 9.92. The first kappa shape index (κ1) is 21.0. The third-order valence-corrected chi connectivity index (χ3v) is 5.53. The molecule has 0 radical (unpaired) electrons. The van der Waals surface area contributed by atoms with E-state index >= 15 is 0 Å². The SMILES string of the molecule is Cc1cc(-c2noc(C(C)N3CCN(C(=O)c4ccc(F)c(F)c4)CC3)n2)ccc1F. The molecule has 31 heavy (non-hydrogen) atoms. The van der Waals surface area contributed by atoms with Gasteiger partial charge in [-0.15, -0.1) is 0 Å². The number of rotatable bonds is 4. The lowest BCUT2D eigenvalue weighted by molar-refractivity contribution is 0.0551. The lowest BCUT2D eigenvalue weighted by Crippen LogP contribution is -2.49. The van der Waals surface area contributed by atoms with Gasteiger partial charge < -0.3 is 9.42 Å². The van der Waals surface area contributed by atoms with Crippen molar-refractivity contribution in [3.63, 3.8) is 0 Å². The van der Waals surface area contributed by atoms with Gasteiger partial charge in [0.05, 0.1) is 6.04 Å². The number of halogens is 3. The summed E-state index contributed by atoms with van der Waals surface area (Å²) in [4.78, 5) is 20.7. The van der Waals surface area contributed by atoms with Crippen LogP contribution in [0.4, 0.5) is 13.2 Å². The Hall–Kier alpha value is -3.20. The number of piperazine rings is 1. The van der Waals surface area contributed by atoms with Crippen molar-refractivity contribution in [2.24, 2.45) is 0 Å². The number of nitrogens with zero attached hydrogens (tertiary/aromatic N) is 4. The highest BCUT2D eigenvalue weighted by Crippen LogP contribution is 2.25. The van der Waals surface area contributed by atoms with Crippen molar-refractivity contribution in [2.45, 2.75) is 19.9 Å². The second kappa shape index (κ2) is 8.50. The number of amides is 1. The molecule has 3 aromatic rings. The average Bonchev–Trinajstić information content (AvgIpc) is 3.27. The standard InChI is InChI=1S/C22H21F3N4O2/c1-13-11-15(3-5-17(13)23)20-26-21(31-27-20)14(2)28-7-9-29(10-8-28)22(30)16-4-6-18(24)19(25)12-16/h3-6,11-12,14H,7-10H2,1-2H3. The van der Waals surface area contributed by atoms with E-state index in [2.05, 4.69) is 15.0 Å². The fourth-order valence-electron chi connectivity index (χ4n) is 3.59. The van der Waals surface area contributed by atoms with E-state index in [1.165, 1.54) is 12.1 Å². The van der Waals surface area contributed by atoms with Crippen LogP contribution in [0.5, 0.6) is 0 Å². The van der Waals surface area contributed by atoms with Crippen molar-refractivity contribution in [1.82, 2.24) is 19.9 Å². The van der Waals surface area contributed by atoms with E-state index in [-0.39, 0.29) is 23.3 Å². The molecule has 9 heteroatoms. The summed E-state index contributed by atoms with van der Waals surface area (Å²) in [6.45, 7) is 5.58. The molecular weight excluding hydrogens is 409 g/mol. The molecule has 2 heterocycles. The lowest BCUT2D eigenvalue weighted by atomic mass is 10.1. The van der Waals surface area contributed by atoms with Crippen LogP contribution in [-0.4, -0.2) is 52.0 Å². The molecule has 1 atom stereocenters. The number of carbonyl (C=O) groups excluding carboxylic acids is 1. The van der Waals surface area contributed by atoms with E-state index in [9.17, 15) is 18.0 Å². The van der Waals surface area contributed by atoms with Crippen LogP contribution >= 0.6 is 0 Å². The molecule has 162 valence electrons. The maximum absolute atomic E-state index is 13.5. The van der Waals surface area contributed by atoms with Crippen LogP contribution in [0.3, 0.4) is 0 Å². The molecule has 0 bridgehead atoms. The number of carbonyl (C=O) groups is 1. The van der Waals surface area contributed by atoms with Crippen molar-refractivity contribution in [1.29, 1.82) is 0 Å². The maximum Gasteiger partial charge on any atom is 0.254 e. The van der Waals surface area contributed by atoms with Gasteiger partial charge in [-0.1, -0.05) is 5.16 Å². The Morgan fingerprint density at radius 1 is 1.00 bits per heavy atom. The van der Waals surface area contributed by atoms with Crippen LogP contribution in [0.15, 0.2) is 40.9 Å². The largest absolute Gasteiger partial charge is 0.337 e. The summed E-state index contributed by atoms with van der Waals surface area (Å²) in [6.07, 6.45) is 0. The second-order valence-corrected chi connectivity index (χ2v) is 7.55. The molecule has 0 spiro atoms. The Bertz CT molecular complexity index is 1110. The maximum atomic E-state index is 13.5. The van der Waals surface area contributed by atoms with Crippen LogP contribution in [0.2, 0.25) is 0 Å². The minimum absolute atomic E-state index is 0.122. The highest BCUT2D eigenvalue weighted by molar-refractivity contribution is 5.94. The Morgan fingerprint density at radius 3 is 2.39 bits per heavy atom.